The van der Waals surface area contributed by atoms with E-state index in [2.05, 4.69) is 4.74 Å². The molecular weight excluding hydrogens is 403 g/mol. The number of ether oxygens (including phenoxy) is 1. The number of esters is 1. The molecule has 0 aliphatic rings. The molecule has 0 heterocycles. The molecule has 0 saturated carbocycles. The summed E-state index contributed by atoms with van der Waals surface area (Å²) < 4.78 is 4.31. The van der Waals surface area contributed by atoms with Gasteiger partial charge in [0.2, 0.25) is 0 Å². The normalized spacial score (nSPS) is 11.1. The van der Waals surface area contributed by atoms with Gasteiger partial charge in [0.1, 0.15) is 0 Å². The van der Waals surface area contributed by atoms with Crippen LogP contribution in [0.2, 0.25) is 0 Å². The van der Waals surface area contributed by atoms with E-state index in [4.69, 9.17) is 5.11 Å². The summed E-state index contributed by atoms with van der Waals surface area (Å²) >= 11 is 0. The van der Waals surface area contributed by atoms with Crippen LogP contribution < -0.4 is 0 Å². The SMILES string of the molecule is COC(=O)C(C)CC(=O)O.[Rf]. The van der Waals surface area contributed by atoms with Gasteiger partial charge in [0, 0.05) is 0 Å². The molecule has 0 rings (SSSR count). The van der Waals surface area contributed by atoms with E-state index < -0.39 is 17.9 Å². The fourth-order valence-corrected chi connectivity index (χ4v) is 0.546. The summed E-state index contributed by atoms with van der Waals surface area (Å²) in [6.07, 6.45) is -0.174. The van der Waals surface area contributed by atoms with Crippen molar-refractivity contribution < 1.29 is 19.4 Å². The zero-order valence-corrected chi connectivity index (χ0v) is 13.1. The summed E-state index contributed by atoms with van der Waals surface area (Å²) in [5.41, 5.74) is 0. The molecule has 11 heavy (non-hydrogen) atoms. The van der Waals surface area contributed by atoms with Gasteiger partial charge >= 0.3 is 11.9 Å². The monoisotopic (exact) mass is 413 g/mol. The van der Waals surface area contributed by atoms with Crippen LogP contribution in [0.15, 0.2) is 0 Å². The van der Waals surface area contributed by atoms with E-state index in [1.807, 2.05) is 0 Å². The van der Waals surface area contributed by atoms with Gasteiger partial charge in [-0.2, -0.15) is 0 Å². The minimum absolute atomic E-state index is 0. The third-order valence-electron chi connectivity index (χ3n) is 1.08. The quantitative estimate of drug-likeness (QED) is 0.676. The van der Waals surface area contributed by atoms with Crippen molar-refractivity contribution in [1.82, 2.24) is 0 Å². The number of aliphatic carboxylic acids is 1. The Balaban J connectivity index is 0. The molecule has 0 spiro atoms. The molecule has 1 unspecified atom stereocenters. The molecule has 0 aromatic rings. The molecular formula is C6H10O4Rf. The molecule has 0 aromatic heterocycles. The van der Waals surface area contributed by atoms with Crippen LogP contribution in [0.1, 0.15) is 13.3 Å². The number of carbonyl (C=O) groups excluding carboxylic acids is 1. The summed E-state index contributed by atoms with van der Waals surface area (Å²) in [6.45, 7) is 1.51. The summed E-state index contributed by atoms with van der Waals surface area (Å²) in [5.74, 6) is -2.03. The number of carboxylic acids is 1. The van der Waals surface area contributed by atoms with E-state index in [1.165, 1.54) is 14.0 Å². The number of hydrogen-bond acceptors (Lipinski definition) is 3. The van der Waals surface area contributed by atoms with Crippen molar-refractivity contribution in [1.29, 1.82) is 0 Å². The summed E-state index contributed by atoms with van der Waals surface area (Å²) in [5, 5.41) is 8.22. The fourth-order valence-electron chi connectivity index (χ4n) is 0.546. The maximum Gasteiger partial charge on any atom is 0.308 e. The predicted molar refractivity (Wildman–Crippen MR) is 33.4 cm³/mol. The Morgan fingerprint density at radius 2 is 2.00 bits per heavy atom. The molecule has 4 nitrogen and oxygen atoms in total. The first kappa shape index (κ1) is 11.7. The Hall–Kier alpha value is -2.06. The molecule has 0 radical (unpaired) electrons. The van der Waals surface area contributed by atoms with E-state index in [1.54, 1.807) is 0 Å². The van der Waals surface area contributed by atoms with Gasteiger partial charge in [0.25, 0.3) is 0 Å². The predicted octanol–water partition coefficient (Wildman–Crippen LogP) is 0.270. The number of carboxylic acid groups (broad SMARTS) is 1. The van der Waals surface area contributed by atoms with Crippen molar-refractivity contribution in [2.45, 2.75) is 13.3 Å². The van der Waals surface area contributed by atoms with Crippen LogP contribution in [0.4, 0.5) is 0 Å². The molecule has 0 saturated heterocycles. The van der Waals surface area contributed by atoms with E-state index in [-0.39, 0.29) is 6.42 Å². The fraction of sp³-hybridized carbons (Fsp3) is 0.667. The van der Waals surface area contributed by atoms with Crippen molar-refractivity contribution in [2.75, 3.05) is 7.11 Å². The van der Waals surface area contributed by atoms with Gasteiger partial charge in [-0.25, -0.2) is 0 Å². The molecule has 0 aliphatic heterocycles. The zero-order valence-electron chi connectivity index (χ0n) is 6.66. The second-order valence-electron chi connectivity index (χ2n) is 2.02. The van der Waals surface area contributed by atoms with Gasteiger partial charge in [0.05, 0.1) is 19.4 Å². The van der Waals surface area contributed by atoms with Gasteiger partial charge in [-0.15, -0.1) is 0 Å². The van der Waals surface area contributed by atoms with Crippen LogP contribution in [0.25, 0.3) is 0 Å². The molecule has 0 aromatic carbocycles. The minimum atomic E-state index is -0.988. The van der Waals surface area contributed by atoms with Crippen LogP contribution in [-0.2, 0) is 14.3 Å². The third kappa shape index (κ3) is 4.44. The standard InChI is InChI=1S/C6H10O4.Rf/c1-4(3-5(7)8)6(9)10-2;/h4H,3H2,1-2H3,(H,7,8);. The first-order valence-corrected chi connectivity index (χ1v) is 2.87. The molecule has 1 atom stereocenters. The van der Waals surface area contributed by atoms with Gasteiger partial charge in [-0.05, 0) is 0 Å². The van der Waals surface area contributed by atoms with Gasteiger partial charge in [0.15, 0.2) is 0 Å². The Morgan fingerprint density at radius 3 is 2.27 bits per heavy atom. The molecule has 0 fully saturated rings. The second kappa shape index (κ2) is 4.78. The van der Waals surface area contributed by atoms with Crippen LogP contribution in [0.5, 0.6) is 0 Å². The minimum Gasteiger partial charge on any atom is -0.481 e. The van der Waals surface area contributed by atoms with Crippen molar-refractivity contribution in [3.63, 3.8) is 0 Å². The Kier molecular flexibility index (Phi) is 5.09. The van der Waals surface area contributed by atoms with Crippen molar-refractivity contribution in [3.05, 3.63) is 0 Å². The smallest absolute Gasteiger partial charge is 0.308 e. The molecule has 60 valence electrons. The summed E-state index contributed by atoms with van der Waals surface area (Å²) in [6, 6.07) is 0. The van der Waals surface area contributed by atoms with Crippen LogP contribution in [0.3, 0.4) is 0 Å². The Labute approximate surface area is 58.8 Å². The number of rotatable bonds is 3. The van der Waals surface area contributed by atoms with E-state index >= 15 is 0 Å². The average Bonchev–Trinajstić information content (AvgIpc) is 1.85. The Bertz CT molecular complexity index is 146. The van der Waals surface area contributed by atoms with Crippen LogP contribution in [0, 0.1) is 5.92 Å². The third-order valence-corrected chi connectivity index (χ3v) is 1.08. The van der Waals surface area contributed by atoms with E-state index in [9.17, 15) is 9.59 Å². The topological polar surface area (TPSA) is 63.6 Å². The number of methoxy groups -OCH3 is 1. The molecule has 1 N–H and O–H groups in total. The number of carbonyl (C=O) groups is 2. The first-order valence-electron chi connectivity index (χ1n) is 2.87. The van der Waals surface area contributed by atoms with Gasteiger partial charge < -0.3 is 9.84 Å². The Morgan fingerprint density at radius 1 is 1.55 bits per heavy atom. The van der Waals surface area contributed by atoms with Crippen LogP contribution in [-0.4, -0.2) is 24.2 Å². The van der Waals surface area contributed by atoms with Crippen molar-refractivity contribution in [3.8, 4) is 0 Å². The zero-order chi connectivity index (χ0) is 8.15. The van der Waals surface area contributed by atoms with Crippen LogP contribution >= 0.6 is 0 Å². The van der Waals surface area contributed by atoms with Crippen molar-refractivity contribution >= 4 is 11.9 Å². The number of hydrogen-bond donors (Lipinski definition) is 1. The maximum absolute atomic E-state index is 10.6. The first-order chi connectivity index (χ1) is 4.57. The summed E-state index contributed by atoms with van der Waals surface area (Å²) in [7, 11) is 1.24. The molecule has 0 aliphatic carbocycles. The maximum atomic E-state index is 10.6. The largest absolute Gasteiger partial charge is 0.481 e. The molecule has 0 bridgehead atoms. The van der Waals surface area contributed by atoms with Gasteiger partial charge in [-0.1, -0.05) is 6.92 Å². The van der Waals surface area contributed by atoms with E-state index in [0.29, 0.717) is 0 Å². The van der Waals surface area contributed by atoms with Crippen molar-refractivity contribution in [2.24, 2.45) is 5.92 Å². The molecule has 0 amide bonds. The second-order valence-corrected chi connectivity index (χ2v) is 2.02. The molecule has 5 heteroatoms. The summed E-state index contributed by atoms with van der Waals surface area (Å²) in [4.78, 5) is 20.6. The van der Waals surface area contributed by atoms with Gasteiger partial charge in [-0.3, -0.25) is 9.59 Å². The van der Waals surface area contributed by atoms with E-state index in [0.717, 1.165) is 0 Å². The average molecular weight is 413 g/mol.